The van der Waals surface area contributed by atoms with Crippen LogP contribution < -0.4 is 0 Å². The van der Waals surface area contributed by atoms with Crippen LogP contribution in [-0.4, -0.2) is 64.3 Å². The standard InChI is InChI=1S/C22H24N4O3S/c1-15-19(22(28)26-9-11-30-12-10-26)24-20(29-15)17-5-7-25(8-6-17)21(27)18-4-2-3-16(13-18)14-23/h2-4,13,17H,5-12H2,1H3. The molecule has 0 spiro atoms. The van der Waals surface area contributed by atoms with Crippen molar-refractivity contribution in [2.45, 2.75) is 25.7 Å². The van der Waals surface area contributed by atoms with Crippen molar-refractivity contribution in [3.63, 3.8) is 0 Å². The Kier molecular flexibility index (Phi) is 6.09. The average Bonchev–Trinajstić information content (AvgIpc) is 3.20. The number of likely N-dealkylation sites (tertiary alicyclic amines) is 1. The highest BCUT2D eigenvalue weighted by molar-refractivity contribution is 7.99. The molecule has 156 valence electrons. The zero-order chi connectivity index (χ0) is 21.1. The molecule has 2 aliphatic heterocycles. The van der Waals surface area contributed by atoms with E-state index in [4.69, 9.17) is 9.68 Å². The molecule has 0 saturated carbocycles. The molecular formula is C22H24N4O3S. The van der Waals surface area contributed by atoms with E-state index in [1.54, 1.807) is 36.1 Å². The van der Waals surface area contributed by atoms with Gasteiger partial charge in [0.05, 0.1) is 11.6 Å². The number of thioether (sulfide) groups is 1. The smallest absolute Gasteiger partial charge is 0.276 e. The predicted octanol–water partition coefficient (Wildman–Crippen LogP) is 3.06. The molecule has 8 heteroatoms. The minimum atomic E-state index is -0.0621. The molecule has 7 nitrogen and oxygen atoms in total. The van der Waals surface area contributed by atoms with Gasteiger partial charge >= 0.3 is 0 Å². The number of hydrogen-bond donors (Lipinski definition) is 0. The lowest BCUT2D eigenvalue weighted by Gasteiger charge is -2.30. The van der Waals surface area contributed by atoms with Gasteiger partial charge in [-0.25, -0.2) is 4.98 Å². The van der Waals surface area contributed by atoms with Crippen molar-refractivity contribution >= 4 is 23.6 Å². The number of aryl methyl sites for hydroxylation is 1. The van der Waals surface area contributed by atoms with Crippen LogP contribution in [0.15, 0.2) is 28.7 Å². The molecule has 0 unspecified atom stereocenters. The van der Waals surface area contributed by atoms with Crippen LogP contribution in [0.3, 0.4) is 0 Å². The topological polar surface area (TPSA) is 90.4 Å². The Bertz CT molecular complexity index is 983. The Labute approximate surface area is 180 Å². The second-order valence-corrected chi connectivity index (χ2v) is 8.85. The van der Waals surface area contributed by atoms with E-state index in [-0.39, 0.29) is 17.7 Å². The summed E-state index contributed by atoms with van der Waals surface area (Å²) in [5.74, 6) is 3.07. The molecule has 2 aliphatic rings. The maximum atomic E-state index is 12.8. The van der Waals surface area contributed by atoms with Gasteiger partial charge in [0.2, 0.25) is 0 Å². The Balaban J connectivity index is 1.40. The summed E-state index contributed by atoms with van der Waals surface area (Å²) in [6, 6.07) is 8.86. The summed E-state index contributed by atoms with van der Waals surface area (Å²) in [5, 5.41) is 9.04. The van der Waals surface area contributed by atoms with Gasteiger partial charge in [-0.15, -0.1) is 0 Å². The van der Waals surface area contributed by atoms with Gasteiger partial charge in [0.25, 0.3) is 11.8 Å². The quantitative estimate of drug-likeness (QED) is 0.752. The third kappa shape index (κ3) is 4.21. The third-order valence-electron chi connectivity index (χ3n) is 5.68. The molecule has 1 aromatic heterocycles. The molecule has 2 aromatic rings. The van der Waals surface area contributed by atoms with Crippen LogP contribution in [0, 0.1) is 18.3 Å². The lowest BCUT2D eigenvalue weighted by Crippen LogP contribution is -2.38. The van der Waals surface area contributed by atoms with Crippen molar-refractivity contribution in [3.8, 4) is 6.07 Å². The van der Waals surface area contributed by atoms with Gasteiger partial charge in [0.1, 0.15) is 5.76 Å². The number of nitrogens with zero attached hydrogens (tertiary/aromatic N) is 4. The van der Waals surface area contributed by atoms with Gasteiger partial charge in [-0.3, -0.25) is 9.59 Å². The second-order valence-electron chi connectivity index (χ2n) is 7.62. The van der Waals surface area contributed by atoms with E-state index in [9.17, 15) is 9.59 Å². The maximum Gasteiger partial charge on any atom is 0.276 e. The molecule has 4 rings (SSSR count). The van der Waals surface area contributed by atoms with E-state index in [1.807, 2.05) is 16.7 Å². The van der Waals surface area contributed by atoms with Crippen molar-refractivity contribution in [2.24, 2.45) is 0 Å². The van der Waals surface area contributed by atoms with Gasteiger partial charge in [-0.05, 0) is 38.0 Å². The van der Waals surface area contributed by atoms with Gasteiger partial charge in [0.15, 0.2) is 11.6 Å². The third-order valence-corrected chi connectivity index (χ3v) is 6.63. The molecule has 0 N–H and O–H groups in total. The molecule has 0 radical (unpaired) electrons. The Morgan fingerprint density at radius 2 is 1.83 bits per heavy atom. The zero-order valence-electron chi connectivity index (χ0n) is 17.0. The number of nitriles is 1. The predicted molar refractivity (Wildman–Crippen MR) is 114 cm³/mol. The Hall–Kier alpha value is -2.79. The molecular weight excluding hydrogens is 400 g/mol. The summed E-state index contributed by atoms with van der Waals surface area (Å²) in [5.41, 5.74) is 1.44. The highest BCUT2D eigenvalue weighted by atomic mass is 32.2. The highest BCUT2D eigenvalue weighted by Gasteiger charge is 2.30. The number of amides is 2. The van der Waals surface area contributed by atoms with Crippen LogP contribution in [0.2, 0.25) is 0 Å². The Morgan fingerprint density at radius 3 is 2.53 bits per heavy atom. The van der Waals surface area contributed by atoms with Crippen molar-refractivity contribution in [1.29, 1.82) is 5.26 Å². The first-order chi connectivity index (χ1) is 14.6. The van der Waals surface area contributed by atoms with Crippen LogP contribution in [0.5, 0.6) is 0 Å². The maximum absolute atomic E-state index is 12.8. The molecule has 0 bridgehead atoms. The number of oxazole rings is 1. The van der Waals surface area contributed by atoms with Crippen LogP contribution in [0.25, 0.3) is 0 Å². The first kappa shape index (κ1) is 20.5. The van der Waals surface area contributed by atoms with Gasteiger partial charge in [-0.1, -0.05) is 6.07 Å². The van der Waals surface area contributed by atoms with E-state index < -0.39 is 0 Å². The fourth-order valence-corrected chi connectivity index (χ4v) is 4.84. The van der Waals surface area contributed by atoms with Crippen molar-refractivity contribution in [1.82, 2.24) is 14.8 Å². The molecule has 3 heterocycles. The van der Waals surface area contributed by atoms with Crippen LogP contribution in [0.1, 0.15) is 56.8 Å². The number of aromatic nitrogens is 1. The summed E-state index contributed by atoms with van der Waals surface area (Å²) in [6.07, 6.45) is 1.47. The first-order valence-electron chi connectivity index (χ1n) is 10.2. The van der Waals surface area contributed by atoms with E-state index in [0.717, 1.165) is 37.4 Å². The molecule has 2 saturated heterocycles. The van der Waals surface area contributed by atoms with Gasteiger partial charge < -0.3 is 14.2 Å². The summed E-state index contributed by atoms with van der Waals surface area (Å²) in [7, 11) is 0. The average molecular weight is 425 g/mol. The SMILES string of the molecule is Cc1oc(C2CCN(C(=O)c3cccc(C#N)c3)CC2)nc1C(=O)N1CCSCC1. The summed E-state index contributed by atoms with van der Waals surface area (Å²) >= 11 is 1.86. The zero-order valence-corrected chi connectivity index (χ0v) is 17.8. The second kappa shape index (κ2) is 8.92. The number of hydrogen-bond acceptors (Lipinski definition) is 6. The Morgan fingerprint density at radius 1 is 1.13 bits per heavy atom. The molecule has 0 aliphatic carbocycles. The lowest BCUT2D eigenvalue weighted by atomic mass is 9.96. The van der Waals surface area contributed by atoms with Crippen molar-refractivity contribution < 1.29 is 14.0 Å². The fraction of sp³-hybridized carbons (Fsp3) is 0.455. The minimum Gasteiger partial charge on any atom is -0.445 e. The molecule has 0 atom stereocenters. The molecule has 1 aromatic carbocycles. The van der Waals surface area contributed by atoms with E-state index in [1.165, 1.54) is 0 Å². The number of carbonyl (C=O) groups is 2. The summed E-state index contributed by atoms with van der Waals surface area (Å²) in [6.45, 7) is 4.48. The normalized spacial score (nSPS) is 17.6. The van der Waals surface area contributed by atoms with E-state index in [0.29, 0.717) is 41.6 Å². The monoisotopic (exact) mass is 424 g/mol. The summed E-state index contributed by atoms with van der Waals surface area (Å²) in [4.78, 5) is 33.8. The van der Waals surface area contributed by atoms with Crippen molar-refractivity contribution in [3.05, 3.63) is 52.7 Å². The van der Waals surface area contributed by atoms with Crippen molar-refractivity contribution in [2.75, 3.05) is 37.7 Å². The molecule has 2 fully saturated rings. The highest BCUT2D eigenvalue weighted by Crippen LogP contribution is 2.30. The van der Waals surface area contributed by atoms with Gasteiger partial charge in [-0.2, -0.15) is 17.0 Å². The van der Waals surface area contributed by atoms with Gasteiger partial charge in [0, 0.05) is 49.2 Å². The largest absolute Gasteiger partial charge is 0.445 e. The molecule has 30 heavy (non-hydrogen) atoms. The van der Waals surface area contributed by atoms with E-state index >= 15 is 0 Å². The molecule has 2 amide bonds. The van der Waals surface area contributed by atoms with Crippen LogP contribution in [-0.2, 0) is 0 Å². The number of rotatable bonds is 3. The fourth-order valence-electron chi connectivity index (χ4n) is 3.94. The minimum absolute atomic E-state index is 0.0483. The van der Waals surface area contributed by atoms with Crippen LogP contribution in [0.4, 0.5) is 0 Å². The number of carbonyl (C=O) groups excluding carboxylic acids is 2. The summed E-state index contributed by atoms with van der Waals surface area (Å²) < 4.78 is 5.87. The van der Waals surface area contributed by atoms with E-state index in [2.05, 4.69) is 11.1 Å². The first-order valence-corrected chi connectivity index (χ1v) is 11.4. The number of piperidine rings is 1. The number of benzene rings is 1. The van der Waals surface area contributed by atoms with Crippen LogP contribution >= 0.6 is 11.8 Å². The lowest BCUT2D eigenvalue weighted by molar-refractivity contribution is 0.0705.